The second-order valence-electron chi connectivity index (χ2n) is 7.23. The van der Waals surface area contributed by atoms with Gasteiger partial charge in [0.25, 0.3) is 0 Å². The molecule has 0 N–H and O–H groups in total. The van der Waals surface area contributed by atoms with E-state index in [4.69, 9.17) is 0 Å². The summed E-state index contributed by atoms with van der Waals surface area (Å²) in [6, 6.07) is 9.08. The molecule has 1 aromatic rings. The van der Waals surface area contributed by atoms with E-state index in [0.717, 1.165) is 37.8 Å². The Hall–Kier alpha value is -1.35. The lowest BCUT2D eigenvalue weighted by Gasteiger charge is -2.39. The molecule has 0 aromatic heterocycles. The zero-order valence-electron chi connectivity index (χ0n) is 14.5. The Kier molecular flexibility index (Phi) is 5.71. The molecule has 0 bridgehead atoms. The third-order valence-corrected chi connectivity index (χ3v) is 5.45. The number of piperazine rings is 1. The number of amides is 1. The fourth-order valence-corrected chi connectivity index (χ4v) is 4.07. The van der Waals surface area contributed by atoms with Gasteiger partial charge in [-0.05, 0) is 25.3 Å². The minimum Gasteiger partial charge on any atom is -0.340 e. The van der Waals surface area contributed by atoms with Crippen molar-refractivity contribution in [3.05, 3.63) is 35.4 Å². The molecule has 0 spiro atoms. The van der Waals surface area contributed by atoms with Gasteiger partial charge in [0.1, 0.15) is 0 Å². The van der Waals surface area contributed by atoms with Crippen molar-refractivity contribution in [2.75, 3.05) is 26.2 Å². The molecule has 3 rings (SSSR count). The van der Waals surface area contributed by atoms with Crippen LogP contribution in [-0.2, 0) is 11.2 Å². The van der Waals surface area contributed by atoms with Crippen LogP contribution in [0.5, 0.6) is 0 Å². The Morgan fingerprint density at radius 1 is 1.04 bits per heavy atom. The molecule has 1 aliphatic carbocycles. The predicted molar refractivity (Wildman–Crippen MR) is 94.5 cm³/mol. The van der Waals surface area contributed by atoms with Crippen molar-refractivity contribution in [2.45, 2.75) is 57.9 Å². The van der Waals surface area contributed by atoms with Crippen molar-refractivity contribution in [1.82, 2.24) is 9.80 Å². The van der Waals surface area contributed by atoms with Crippen LogP contribution in [0.15, 0.2) is 24.3 Å². The molecule has 2 fully saturated rings. The van der Waals surface area contributed by atoms with Crippen LogP contribution in [0.3, 0.4) is 0 Å². The molecule has 1 amide bonds. The highest BCUT2D eigenvalue weighted by Crippen LogP contribution is 2.23. The number of rotatable bonds is 3. The maximum Gasteiger partial charge on any atom is 0.227 e. The van der Waals surface area contributed by atoms with Gasteiger partial charge >= 0.3 is 0 Å². The summed E-state index contributed by atoms with van der Waals surface area (Å²) in [7, 11) is 0. The summed E-state index contributed by atoms with van der Waals surface area (Å²) in [6.07, 6.45) is 8.85. The highest BCUT2D eigenvalue weighted by molar-refractivity contribution is 5.79. The third-order valence-electron chi connectivity index (χ3n) is 5.45. The summed E-state index contributed by atoms with van der Waals surface area (Å²) in [6.45, 7) is 6.01. The number of benzene rings is 1. The van der Waals surface area contributed by atoms with Crippen LogP contribution in [0.4, 0.5) is 0 Å². The monoisotopic (exact) mass is 314 g/mol. The van der Waals surface area contributed by atoms with Crippen LogP contribution in [0, 0.1) is 6.92 Å². The zero-order valence-corrected chi connectivity index (χ0v) is 14.5. The molecule has 1 saturated heterocycles. The van der Waals surface area contributed by atoms with Gasteiger partial charge in [-0.1, -0.05) is 55.5 Å². The SMILES string of the molecule is Cc1cccc(CC(=O)N2CCN(C3CCCCCC3)CC2)c1. The first kappa shape index (κ1) is 16.5. The molecule has 0 unspecified atom stereocenters. The molecule has 0 atom stereocenters. The maximum absolute atomic E-state index is 12.5. The van der Waals surface area contributed by atoms with E-state index in [2.05, 4.69) is 34.9 Å². The molecule has 1 aromatic carbocycles. The van der Waals surface area contributed by atoms with E-state index >= 15 is 0 Å². The van der Waals surface area contributed by atoms with Gasteiger partial charge in [0, 0.05) is 32.2 Å². The number of hydrogen-bond acceptors (Lipinski definition) is 2. The van der Waals surface area contributed by atoms with E-state index in [-0.39, 0.29) is 5.91 Å². The summed E-state index contributed by atoms with van der Waals surface area (Å²) in [4.78, 5) is 17.2. The van der Waals surface area contributed by atoms with E-state index in [1.54, 1.807) is 0 Å². The van der Waals surface area contributed by atoms with Gasteiger partial charge in [0.15, 0.2) is 0 Å². The third kappa shape index (κ3) is 4.57. The Bertz CT molecular complexity index is 512. The molecule has 1 aliphatic heterocycles. The number of carbonyl (C=O) groups is 1. The number of aryl methyl sites for hydroxylation is 1. The van der Waals surface area contributed by atoms with Gasteiger partial charge in [-0.2, -0.15) is 0 Å². The van der Waals surface area contributed by atoms with Gasteiger partial charge in [0.05, 0.1) is 6.42 Å². The minimum absolute atomic E-state index is 0.288. The van der Waals surface area contributed by atoms with Crippen LogP contribution in [-0.4, -0.2) is 47.9 Å². The van der Waals surface area contributed by atoms with Crippen molar-refractivity contribution in [3.63, 3.8) is 0 Å². The van der Waals surface area contributed by atoms with Gasteiger partial charge in [-0.3, -0.25) is 9.69 Å². The molecular formula is C20H30N2O. The van der Waals surface area contributed by atoms with Crippen LogP contribution >= 0.6 is 0 Å². The second-order valence-corrected chi connectivity index (χ2v) is 7.23. The van der Waals surface area contributed by atoms with E-state index in [0.29, 0.717) is 6.42 Å². The van der Waals surface area contributed by atoms with Gasteiger partial charge in [-0.25, -0.2) is 0 Å². The quantitative estimate of drug-likeness (QED) is 0.798. The molecule has 3 heteroatoms. The first-order chi connectivity index (χ1) is 11.2. The summed E-state index contributed by atoms with van der Waals surface area (Å²) in [5.74, 6) is 0.288. The first-order valence-electron chi connectivity index (χ1n) is 9.30. The first-order valence-corrected chi connectivity index (χ1v) is 9.30. The molecule has 2 aliphatic rings. The topological polar surface area (TPSA) is 23.6 Å². The Morgan fingerprint density at radius 3 is 2.39 bits per heavy atom. The van der Waals surface area contributed by atoms with Crippen LogP contribution in [0.1, 0.15) is 49.7 Å². The highest BCUT2D eigenvalue weighted by Gasteiger charge is 2.26. The Balaban J connectivity index is 1.49. The van der Waals surface area contributed by atoms with Crippen LogP contribution in [0.2, 0.25) is 0 Å². The van der Waals surface area contributed by atoms with Gasteiger partial charge < -0.3 is 4.90 Å². The van der Waals surface area contributed by atoms with E-state index < -0.39 is 0 Å². The van der Waals surface area contributed by atoms with Gasteiger partial charge in [-0.15, -0.1) is 0 Å². The standard InChI is InChI=1S/C20H30N2O/c1-17-7-6-8-18(15-17)16-20(23)22-13-11-21(12-14-22)19-9-4-2-3-5-10-19/h6-8,15,19H,2-5,9-14,16H2,1H3. The Morgan fingerprint density at radius 2 is 1.74 bits per heavy atom. The lowest BCUT2D eigenvalue weighted by Crippen LogP contribution is -2.52. The smallest absolute Gasteiger partial charge is 0.227 e. The van der Waals surface area contributed by atoms with E-state index in [1.165, 1.54) is 44.1 Å². The lowest BCUT2D eigenvalue weighted by atomic mass is 10.1. The normalized spacial score (nSPS) is 21.2. The lowest BCUT2D eigenvalue weighted by molar-refractivity contribution is -0.132. The zero-order chi connectivity index (χ0) is 16.1. The molecule has 1 heterocycles. The molecule has 1 saturated carbocycles. The molecular weight excluding hydrogens is 284 g/mol. The van der Waals surface area contributed by atoms with E-state index in [1.807, 2.05) is 6.07 Å². The van der Waals surface area contributed by atoms with Crippen molar-refractivity contribution in [3.8, 4) is 0 Å². The van der Waals surface area contributed by atoms with Crippen molar-refractivity contribution in [2.24, 2.45) is 0 Å². The van der Waals surface area contributed by atoms with Crippen molar-refractivity contribution >= 4 is 5.91 Å². The Labute approximate surface area is 140 Å². The molecule has 3 nitrogen and oxygen atoms in total. The fraction of sp³-hybridized carbons (Fsp3) is 0.650. The predicted octanol–water partition coefficient (Wildman–Crippen LogP) is 3.40. The minimum atomic E-state index is 0.288. The molecule has 126 valence electrons. The highest BCUT2D eigenvalue weighted by atomic mass is 16.2. The van der Waals surface area contributed by atoms with Crippen LogP contribution in [0.25, 0.3) is 0 Å². The number of carbonyl (C=O) groups excluding carboxylic acids is 1. The number of hydrogen-bond donors (Lipinski definition) is 0. The van der Waals surface area contributed by atoms with E-state index in [9.17, 15) is 4.79 Å². The number of nitrogens with zero attached hydrogens (tertiary/aromatic N) is 2. The summed E-state index contributed by atoms with van der Waals surface area (Å²) < 4.78 is 0. The average Bonchev–Trinajstić information content (AvgIpc) is 2.84. The van der Waals surface area contributed by atoms with Gasteiger partial charge in [0.2, 0.25) is 5.91 Å². The van der Waals surface area contributed by atoms with Crippen molar-refractivity contribution < 1.29 is 4.79 Å². The summed E-state index contributed by atoms with van der Waals surface area (Å²) >= 11 is 0. The molecule has 23 heavy (non-hydrogen) atoms. The van der Waals surface area contributed by atoms with Crippen molar-refractivity contribution in [1.29, 1.82) is 0 Å². The van der Waals surface area contributed by atoms with Crippen LogP contribution < -0.4 is 0 Å². The summed E-state index contributed by atoms with van der Waals surface area (Å²) in [5, 5.41) is 0. The molecule has 0 radical (unpaired) electrons. The summed E-state index contributed by atoms with van der Waals surface area (Å²) in [5.41, 5.74) is 2.37. The average molecular weight is 314 g/mol. The second kappa shape index (κ2) is 7.96. The largest absolute Gasteiger partial charge is 0.340 e. The maximum atomic E-state index is 12.5. The fourth-order valence-electron chi connectivity index (χ4n) is 4.07.